The molecule has 0 aliphatic carbocycles. The summed E-state index contributed by atoms with van der Waals surface area (Å²) < 4.78 is 5.46. The molecule has 2 atom stereocenters. The molecule has 0 aromatic carbocycles. The Bertz CT molecular complexity index is 167. The van der Waals surface area contributed by atoms with Crippen molar-refractivity contribution < 1.29 is 4.74 Å². The van der Waals surface area contributed by atoms with E-state index in [0.717, 1.165) is 32.7 Å². The van der Waals surface area contributed by atoms with Crippen LogP contribution in [-0.2, 0) is 4.74 Å². The summed E-state index contributed by atoms with van der Waals surface area (Å²) in [5.74, 6) is 0. The van der Waals surface area contributed by atoms with E-state index in [1.807, 2.05) is 0 Å². The number of hydrogen-bond acceptors (Lipinski definition) is 3. The second-order valence-corrected chi connectivity index (χ2v) is 4.68. The first-order valence-corrected chi connectivity index (χ1v) is 5.61. The summed E-state index contributed by atoms with van der Waals surface area (Å²) in [4.78, 5) is 2.40. The highest BCUT2D eigenvalue weighted by Crippen LogP contribution is 2.28. The molecule has 0 radical (unpaired) electrons. The number of hydrogen-bond donors (Lipinski definition) is 1. The molecule has 3 heteroatoms. The van der Waals surface area contributed by atoms with Gasteiger partial charge in [0.2, 0.25) is 0 Å². The van der Waals surface area contributed by atoms with Crippen molar-refractivity contribution in [3.63, 3.8) is 0 Å². The third kappa shape index (κ3) is 2.69. The van der Waals surface area contributed by atoms with Gasteiger partial charge in [-0.1, -0.05) is 6.92 Å². The molecule has 0 saturated carbocycles. The van der Waals surface area contributed by atoms with Crippen molar-refractivity contribution in [2.75, 3.05) is 33.4 Å². The van der Waals surface area contributed by atoms with Gasteiger partial charge in [0.05, 0.1) is 6.61 Å². The summed E-state index contributed by atoms with van der Waals surface area (Å²) in [6.07, 6.45) is 2.31. The van der Waals surface area contributed by atoms with Gasteiger partial charge in [0.1, 0.15) is 0 Å². The number of nitrogens with two attached hydrogens (primary N) is 1. The Morgan fingerprint density at radius 1 is 1.57 bits per heavy atom. The van der Waals surface area contributed by atoms with Crippen molar-refractivity contribution in [1.29, 1.82) is 0 Å². The van der Waals surface area contributed by atoms with E-state index in [-0.39, 0.29) is 5.41 Å². The molecule has 0 bridgehead atoms. The lowest BCUT2D eigenvalue weighted by Gasteiger charge is -2.34. The van der Waals surface area contributed by atoms with Crippen LogP contribution in [0.25, 0.3) is 0 Å². The molecule has 84 valence electrons. The molecule has 1 rings (SSSR count). The fourth-order valence-corrected chi connectivity index (χ4v) is 2.00. The Morgan fingerprint density at radius 3 is 2.71 bits per heavy atom. The maximum Gasteiger partial charge on any atom is 0.0547 e. The summed E-state index contributed by atoms with van der Waals surface area (Å²) in [5, 5.41) is 0. The standard InChI is InChI=1S/C11H24N2O/c1-4-10(2)13(3)8-11(7-12)5-6-14-9-11/h10H,4-9,12H2,1-3H3. The van der Waals surface area contributed by atoms with Crippen molar-refractivity contribution in [2.24, 2.45) is 11.1 Å². The zero-order valence-electron chi connectivity index (χ0n) is 9.75. The summed E-state index contributed by atoms with van der Waals surface area (Å²) in [5.41, 5.74) is 6.07. The minimum atomic E-state index is 0.220. The first-order chi connectivity index (χ1) is 6.63. The first-order valence-electron chi connectivity index (χ1n) is 5.61. The third-order valence-corrected chi connectivity index (χ3v) is 3.55. The second kappa shape index (κ2) is 5.10. The summed E-state index contributed by atoms with van der Waals surface area (Å²) >= 11 is 0. The van der Waals surface area contributed by atoms with E-state index in [4.69, 9.17) is 10.5 Å². The minimum absolute atomic E-state index is 0.220. The normalized spacial score (nSPS) is 29.8. The van der Waals surface area contributed by atoms with Gasteiger partial charge in [-0.3, -0.25) is 0 Å². The van der Waals surface area contributed by atoms with Crippen LogP contribution in [0, 0.1) is 5.41 Å². The van der Waals surface area contributed by atoms with E-state index in [1.54, 1.807) is 0 Å². The van der Waals surface area contributed by atoms with Gasteiger partial charge in [-0.25, -0.2) is 0 Å². The van der Waals surface area contributed by atoms with Gasteiger partial charge < -0.3 is 15.4 Å². The fourth-order valence-electron chi connectivity index (χ4n) is 2.00. The van der Waals surface area contributed by atoms with E-state index in [0.29, 0.717) is 6.04 Å². The van der Waals surface area contributed by atoms with Crippen molar-refractivity contribution in [3.8, 4) is 0 Å². The number of ether oxygens (including phenoxy) is 1. The SMILES string of the molecule is CCC(C)N(C)CC1(CN)CCOC1. The number of nitrogens with zero attached hydrogens (tertiary/aromatic N) is 1. The molecule has 0 aromatic heterocycles. The Kier molecular flexibility index (Phi) is 4.35. The van der Waals surface area contributed by atoms with Gasteiger partial charge in [0.15, 0.2) is 0 Å². The van der Waals surface area contributed by atoms with Gasteiger partial charge in [-0.15, -0.1) is 0 Å². The maximum atomic E-state index is 5.85. The highest BCUT2D eigenvalue weighted by atomic mass is 16.5. The molecule has 1 heterocycles. The monoisotopic (exact) mass is 200 g/mol. The maximum absolute atomic E-state index is 5.85. The van der Waals surface area contributed by atoms with E-state index < -0.39 is 0 Å². The molecule has 0 aromatic rings. The van der Waals surface area contributed by atoms with Crippen molar-refractivity contribution in [2.45, 2.75) is 32.7 Å². The highest BCUT2D eigenvalue weighted by molar-refractivity contribution is 4.87. The molecule has 0 amide bonds. The predicted molar refractivity (Wildman–Crippen MR) is 59.3 cm³/mol. The second-order valence-electron chi connectivity index (χ2n) is 4.68. The van der Waals surface area contributed by atoms with E-state index in [9.17, 15) is 0 Å². The van der Waals surface area contributed by atoms with E-state index >= 15 is 0 Å². The molecule has 1 saturated heterocycles. The predicted octanol–water partition coefficient (Wildman–Crippen LogP) is 1.08. The first kappa shape index (κ1) is 12.0. The van der Waals surface area contributed by atoms with Gasteiger partial charge in [0.25, 0.3) is 0 Å². The Hall–Kier alpha value is -0.120. The van der Waals surface area contributed by atoms with Gasteiger partial charge in [-0.05, 0) is 26.8 Å². The highest BCUT2D eigenvalue weighted by Gasteiger charge is 2.35. The van der Waals surface area contributed by atoms with Crippen LogP contribution < -0.4 is 5.73 Å². The number of rotatable bonds is 5. The van der Waals surface area contributed by atoms with E-state index in [1.165, 1.54) is 6.42 Å². The Balaban J connectivity index is 2.47. The molecule has 2 N–H and O–H groups in total. The van der Waals surface area contributed by atoms with Crippen molar-refractivity contribution >= 4 is 0 Å². The zero-order chi connectivity index (χ0) is 10.6. The smallest absolute Gasteiger partial charge is 0.0547 e. The van der Waals surface area contributed by atoms with Crippen LogP contribution in [0.2, 0.25) is 0 Å². The molecule has 0 spiro atoms. The van der Waals surface area contributed by atoms with Crippen molar-refractivity contribution in [3.05, 3.63) is 0 Å². The molecule has 1 aliphatic rings. The quantitative estimate of drug-likeness (QED) is 0.722. The van der Waals surface area contributed by atoms with Crippen LogP contribution in [0.5, 0.6) is 0 Å². The van der Waals surface area contributed by atoms with Crippen molar-refractivity contribution in [1.82, 2.24) is 4.90 Å². The molecule has 1 aliphatic heterocycles. The van der Waals surface area contributed by atoms with Crippen LogP contribution in [0.1, 0.15) is 26.7 Å². The summed E-state index contributed by atoms with van der Waals surface area (Å²) in [6.45, 7) is 8.02. The molecule has 3 nitrogen and oxygen atoms in total. The molecule has 2 unspecified atom stereocenters. The molecule has 1 fully saturated rings. The minimum Gasteiger partial charge on any atom is -0.381 e. The lowest BCUT2D eigenvalue weighted by molar-refractivity contribution is 0.109. The zero-order valence-corrected chi connectivity index (χ0v) is 9.75. The van der Waals surface area contributed by atoms with Crippen LogP contribution in [-0.4, -0.2) is 44.3 Å². The van der Waals surface area contributed by atoms with Crippen LogP contribution >= 0.6 is 0 Å². The average molecular weight is 200 g/mol. The molecular weight excluding hydrogens is 176 g/mol. The van der Waals surface area contributed by atoms with E-state index in [2.05, 4.69) is 25.8 Å². The van der Waals surface area contributed by atoms with Gasteiger partial charge in [0, 0.05) is 31.2 Å². The molecular formula is C11H24N2O. The summed E-state index contributed by atoms with van der Waals surface area (Å²) in [7, 11) is 2.18. The third-order valence-electron chi connectivity index (χ3n) is 3.55. The van der Waals surface area contributed by atoms with Gasteiger partial charge in [-0.2, -0.15) is 0 Å². The lowest BCUT2D eigenvalue weighted by atomic mass is 9.86. The molecule has 14 heavy (non-hydrogen) atoms. The summed E-state index contributed by atoms with van der Waals surface area (Å²) in [6, 6.07) is 0.638. The Morgan fingerprint density at radius 2 is 2.29 bits per heavy atom. The fraction of sp³-hybridized carbons (Fsp3) is 1.00. The van der Waals surface area contributed by atoms with Crippen LogP contribution in [0.15, 0.2) is 0 Å². The van der Waals surface area contributed by atoms with Gasteiger partial charge >= 0.3 is 0 Å². The van der Waals surface area contributed by atoms with Crippen LogP contribution in [0.3, 0.4) is 0 Å². The largest absolute Gasteiger partial charge is 0.381 e. The Labute approximate surface area is 87.6 Å². The lowest BCUT2D eigenvalue weighted by Crippen LogP contribution is -2.44. The average Bonchev–Trinajstić information content (AvgIpc) is 2.65. The van der Waals surface area contributed by atoms with Crippen LogP contribution in [0.4, 0.5) is 0 Å². The topological polar surface area (TPSA) is 38.5 Å².